The smallest absolute Gasteiger partial charge is 0.0705 e. The van der Waals surface area contributed by atoms with E-state index < -0.39 is 0 Å². The minimum Gasteiger partial charge on any atom is -0.356 e. The first-order chi connectivity index (χ1) is 8.22. The van der Waals surface area contributed by atoms with Crippen molar-refractivity contribution in [3.8, 4) is 0 Å². The van der Waals surface area contributed by atoms with Crippen LogP contribution in [0.15, 0.2) is 24.3 Å². The zero-order valence-corrected chi connectivity index (χ0v) is 11.1. The second-order valence-electron chi connectivity index (χ2n) is 4.53. The zero-order valence-electron chi connectivity index (χ0n) is 10.4. The van der Waals surface area contributed by atoms with Gasteiger partial charge in [-0.15, -0.1) is 0 Å². The maximum atomic E-state index is 6.35. The molecule has 1 heterocycles. The first-order valence-electron chi connectivity index (χ1n) is 6.20. The van der Waals surface area contributed by atoms with Crippen molar-refractivity contribution in [1.29, 1.82) is 0 Å². The molecule has 0 aliphatic carbocycles. The van der Waals surface area contributed by atoms with Crippen LogP contribution in [0, 0.1) is 0 Å². The lowest BCUT2D eigenvalue weighted by Gasteiger charge is -2.11. The van der Waals surface area contributed by atoms with Crippen LogP contribution in [0.1, 0.15) is 32.4 Å². The van der Waals surface area contributed by atoms with Gasteiger partial charge in [0, 0.05) is 29.2 Å². The third kappa shape index (κ3) is 2.82. The van der Waals surface area contributed by atoms with Crippen LogP contribution < -0.4 is 5.32 Å². The van der Waals surface area contributed by atoms with Crippen LogP contribution >= 0.6 is 11.6 Å². The van der Waals surface area contributed by atoms with Crippen molar-refractivity contribution < 1.29 is 0 Å². The predicted molar refractivity (Wildman–Crippen MR) is 74.5 cm³/mol. The van der Waals surface area contributed by atoms with Gasteiger partial charge in [-0.2, -0.15) is 0 Å². The molecular formula is C14H19ClN2. The molecule has 2 N–H and O–H groups in total. The number of fused-ring (bicyclic) bond motifs is 1. The average Bonchev–Trinajstić information content (AvgIpc) is 2.65. The van der Waals surface area contributed by atoms with Crippen LogP contribution in [0.4, 0.5) is 0 Å². The Morgan fingerprint density at radius 2 is 2.12 bits per heavy atom. The lowest BCUT2D eigenvalue weighted by molar-refractivity contribution is 0.505. The fourth-order valence-electron chi connectivity index (χ4n) is 2.10. The molecule has 1 aromatic heterocycles. The monoisotopic (exact) mass is 250 g/mol. The lowest BCUT2D eigenvalue weighted by atomic mass is 10.2. The third-order valence-electron chi connectivity index (χ3n) is 3.06. The highest BCUT2D eigenvalue weighted by Crippen LogP contribution is 2.27. The summed E-state index contributed by atoms with van der Waals surface area (Å²) in [4.78, 5) is 3.37. The number of halogens is 1. The van der Waals surface area contributed by atoms with Gasteiger partial charge in [-0.3, -0.25) is 0 Å². The number of hydrogen-bond donors (Lipinski definition) is 2. The molecule has 0 bridgehead atoms. The fraction of sp³-hybridized carbons (Fsp3) is 0.429. The standard InChI is InChI=1S/C14H19ClN2/c1-3-6-10(2)16-9-13-14(15)11-7-4-5-8-12(11)17-13/h4-5,7-8,10,16-17H,3,6,9H2,1-2H3. The molecule has 0 spiro atoms. The van der Waals surface area contributed by atoms with Crippen molar-refractivity contribution >= 4 is 22.5 Å². The van der Waals surface area contributed by atoms with Gasteiger partial charge in [0.2, 0.25) is 0 Å². The average molecular weight is 251 g/mol. The van der Waals surface area contributed by atoms with E-state index in [1.54, 1.807) is 0 Å². The zero-order chi connectivity index (χ0) is 12.3. The summed E-state index contributed by atoms with van der Waals surface area (Å²) in [5, 5.41) is 5.44. The van der Waals surface area contributed by atoms with E-state index in [-0.39, 0.29) is 0 Å². The highest BCUT2D eigenvalue weighted by Gasteiger charge is 2.09. The van der Waals surface area contributed by atoms with Crippen LogP contribution in [0.2, 0.25) is 5.02 Å². The molecule has 17 heavy (non-hydrogen) atoms. The van der Waals surface area contributed by atoms with Crippen LogP contribution in [0.5, 0.6) is 0 Å². The Hall–Kier alpha value is -0.990. The molecule has 92 valence electrons. The van der Waals surface area contributed by atoms with Crippen molar-refractivity contribution in [2.75, 3.05) is 0 Å². The van der Waals surface area contributed by atoms with Crippen molar-refractivity contribution in [3.63, 3.8) is 0 Å². The van der Waals surface area contributed by atoms with Crippen molar-refractivity contribution in [1.82, 2.24) is 10.3 Å². The van der Waals surface area contributed by atoms with Crippen molar-refractivity contribution in [2.45, 2.75) is 39.3 Å². The number of aromatic nitrogens is 1. The topological polar surface area (TPSA) is 27.8 Å². The van der Waals surface area contributed by atoms with E-state index in [9.17, 15) is 0 Å². The van der Waals surface area contributed by atoms with Crippen molar-refractivity contribution in [2.24, 2.45) is 0 Å². The number of benzene rings is 1. The predicted octanol–water partition coefficient (Wildman–Crippen LogP) is 4.10. The molecule has 2 nitrogen and oxygen atoms in total. The molecule has 2 rings (SSSR count). The molecule has 0 fully saturated rings. The third-order valence-corrected chi connectivity index (χ3v) is 3.49. The highest BCUT2D eigenvalue weighted by molar-refractivity contribution is 6.36. The van der Waals surface area contributed by atoms with E-state index >= 15 is 0 Å². The van der Waals surface area contributed by atoms with Gasteiger partial charge >= 0.3 is 0 Å². The summed E-state index contributed by atoms with van der Waals surface area (Å²) in [6, 6.07) is 8.67. The Labute approximate surface area is 107 Å². The van der Waals surface area contributed by atoms with Crippen LogP contribution in [-0.2, 0) is 6.54 Å². The van der Waals surface area contributed by atoms with Gasteiger partial charge < -0.3 is 10.3 Å². The Kier molecular flexibility index (Phi) is 4.08. The minimum absolute atomic E-state index is 0.530. The molecule has 0 aliphatic rings. The van der Waals surface area contributed by atoms with Crippen molar-refractivity contribution in [3.05, 3.63) is 35.0 Å². The molecule has 1 unspecified atom stereocenters. The molecule has 0 aliphatic heterocycles. The van der Waals surface area contributed by atoms with E-state index in [0.717, 1.165) is 28.2 Å². The molecule has 2 aromatic rings. The summed E-state index contributed by atoms with van der Waals surface area (Å²) in [6.45, 7) is 5.21. The van der Waals surface area contributed by atoms with Crippen LogP contribution in [0.3, 0.4) is 0 Å². The number of para-hydroxylation sites is 1. The molecule has 3 heteroatoms. The Morgan fingerprint density at radius 1 is 1.35 bits per heavy atom. The first-order valence-corrected chi connectivity index (χ1v) is 6.58. The van der Waals surface area contributed by atoms with E-state index in [4.69, 9.17) is 11.6 Å². The summed E-state index contributed by atoms with van der Waals surface area (Å²) < 4.78 is 0. The van der Waals surface area contributed by atoms with E-state index in [2.05, 4.69) is 30.2 Å². The number of aromatic amines is 1. The maximum Gasteiger partial charge on any atom is 0.0705 e. The van der Waals surface area contributed by atoms with Crippen LogP contribution in [0.25, 0.3) is 10.9 Å². The SMILES string of the molecule is CCCC(C)NCc1[nH]c2ccccc2c1Cl. The summed E-state index contributed by atoms with van der Waals surface area (Å²) in [7, 11) is 0. The summed E-state index contributed by atoms with van der Waals surface area (Å²) in [6.07, 6.45) is 2.40. The second-order valence-corrected chi connectivity index (χ2v) is 4.91. The number of nitrogens with one attached hydrogen (secondary N) is 2. The van der Waals surface area contributed by atoms with Gasteiger partial charge in [-0.05, 0) is 19.4 Å². The maximum absolute atomic E-state index is 6.35. The number of rotatable bonds is 5. The van der Waals surface area contributed by atoms with Gasteiger partial charge in [0.15, 0.2) is 0 Å². The van der Waals surface area contributed by atoms with Gasteiger partial charge in [0.25, 0.3) is 0 Å². The Bertz CT molecular complexity index is 490. The number of hydrogen-bond acceptors (Lipinski definition) is 1. The first kappa shape index (κ1) is 12.5. The second kappa shape index (κ2) is 5.56. The Morgan fingerprint density at radius 3 is 2.82 bits per heavy atom. The molecule has 0 radical (unpaired) electrons. The summed E-state index contributed by atoms with van der Waals surface area (Å²) in [5.74, 6) is 0. The van der Waals surface area contributed by atoms with Gasteiger partial charge in [0.05, 0.1) is 5.02 Å². The largest absolute Gasteiger partial charge is 0.356 e. The molecule has 1 aromatic carbocycles. The quantitative estimate of drug-likeness (QED) is 0.822. The lowest BCUT2D eigenvalue weighted by Crippen LogP contribution is -2.25. The normalized spacial score (nSPS) is 13.1. The highest BCUT2D eigenvalue weighted by atomic mass is 35.5. The van der Waals surface area contributed by atoms with Gasteiger partial charge in [-0.25, -0.2) is 0 Å². The fourth-order valence-corrected chi connectivity index (χ4v) is 2.38. The summed E-state index contributed by atoms with van der Waals surface area (Å²) >= 11 is 6.35. The Balaban J connectivity index is 2.11. The minimum atomic E-state index is 0.530. The number of H-pyrrole nitrogens is 1. The van der Waals surface area contributed by atoms with E-state index in [1.165, 1.54) is 12.8 Å². The molecule has 0 saturated carbocycles. The van der Waals surface area contributed by atoms with E-state index in [0.29, 0.717) is 6.04 Å². The van der Waals surface area contributed by atoms with Crippen LogP contribution in [-0.4, -0.2) is 11.0 Å². The van der Waals surface area contributed by atoms with Gasteiger partial charge in [0.1, 0.15) is 0 Å². The summed E-state index contributed by atoms with van der Waals surface area (Å²) in [5.41, 5.74) is 2.19. The molecule has 0 amide bonds. The molecule has 1 atom stereocenters. The van der Waals surface area contributed by atoms with Gasteiger partial charge in [-0.1, -0.05) is 43.1 Å². The van der Waals surface area contributed by atoms with E-state index in [1.807, 2.05) is 18.2 Å². The molecular weight excluding hydrogens is 232 g/mol. The molecule has 0 saturated heterocycles.